The topological polar surface area (TPSA) is 51.5 Å². The Morgan fingerprint density at radius 2 is 1.91 bits per heavy atom. The largest absolute Gasteiger partial charge is 0.496 e. The zero-order chi connectivity index (χ0) is 15.9. The molecule has 0 aliphatic rings. The van der Waals surface area contributed by atoms with Gasteiger partial charge >= 0.3 is 5.97 Å². The van der Waals surface area contributed by atoms with Crippen molar-refractivity contribution in [3.63, 3.8) is 0 Å². The van der Waals surface area contributed by atoms with Crippen LogP contribution in [0.1, 0.15) is 16.1 Å². The zero-order valence-electron chi connectivity index (χ0n) is 12.1. The third kappa shape index (κ3) is 2.18. The minimum Gasteiger partial charge on any atom is -0.496 e. The fourth-order valence-corrected chi connectivity index (χ4v) is 3.24. The van der Waals surface area contributed by atoms with Gasteiger partial charge in [0.1, 0.15) is 5.75 Å². The van der Waals surface area contributed by atoms with Crippen LogP contribution in [0.4, 0.5) is 0 Å². The zero-order valence-corrected chi connectivity index (χ0v) is 13.7. The average molecular weight is 360 g/mol. The molecule has 0 radical (unpaired) electrons. The maximum absolute atomic E-state index is 11.7. The summed E-state index contributed by atoms with van der Waals surface area (Å²) in [4.78, 5) is 11.7. The first-order valence-corrected chi connectivity index (χ1v) is 7.51. The molecule has 2 aromatic carbocycles. The molecule has 4 nitrogen and oxygen atoms in total. The second kappa shape index (κ2) is 5.50. The van der Waals surface area contributed by atoms with Crippen LogP contribution in [0.15, 0.2) is 46.9 Å². The highest BCUT2D eigenvalue weighted by molar-refractivity contribution is 9.10. The second-order valence-corrected chi connectivity index (χ2v) is 5.79. The van der Waals surface area contributed by atoms with Crippen LogP contribution in [0.3, 0.4) is 0 Å². The van der Waals surface area contributed by atoms with Gasteiger partial charge < -0.3 is 14.4 Å². The summed E-state index contributed by atoms with van der Waals surface area (Å²) in [5, 5.41) is 10.3. The molecule has 0 bridgehead atoms. The van der Waals surface area contributed by atoms with Gasteiger partial charge in [-0.3, -0.25) is 0 Å². The van der Waals surface area contributed by atoms with Crippen LogP contribution in [0.2, 0.25) is 0 Å². The van der Waals surface area contributed by atoms with Crippen molar-refractivity contribution in [1.82, 2.24) is 4.57 Å². The van der Waals surface area contributed by atoms with E-state index in [9.17, 15) is 9.90 Å². The van der Waals surface area contributed by atoms with E-state index in [0.717, 1.165) is 15.7 Å². The number of carbonyl (C=O) groups is 1. The number of ether oxygens (including phenoxy) is 1. The van der Waals surface area contributed by atoms with Gasteiger partial charge in [0, 0.05) is 16.8 Å². The number of para-hydroxylation sites is 1. The summed E-state index contributed by atoms with van der Waals surface area (Å²) in [7, 11) is 1.56. The number of aromatic nitrogens is 1. The van der Waals surface area contributed by atoms with Gasteiger partial charge in [-0.05, 0) is 47.1 Å². The minimum absolute atomic E-state index is 0.296. The molecule has 1 aromatic heterocycles. The van der Waals surface area contributed by atoms with Crippen LogP contribution in [0.5, 0.6) is 5.75 Å². The third-order valence-corrected chi connectivity index (χ3v) is 4.33. The first-order chi connectivity index (χ1) is 10.5. The molecule has 0 fully saturated rings. The molecule has 112 valence electrons. The second-order valence-electron chi connectivity index (χ2n) is 4.94. The maximum Gasteiger partial charge on any atom is 0.338 e. The Morgan fingerprint density at radius 3 is 2.50 bits per heavy atom. The molecule has 0 unspecified atom stereocenters. The Morgan fingerprint density at radius 1 is 1.23 bits per heavy atom. The highest BCUT2D eigenvalue weighted by atomic mass is 79.9. The highest BCUT2D eigenvalue weighted by Gasteiger charge is 2.21. The number of rotatable bonds is 3. The average Bonchev–Trinajstić information content (AvgIpc) is 2.78. The molecule has 3 aromatic rings. The summed E-state index contributed by atoms with van der Waals surface area (Å²) in [5.74, 6) is -0.332. The van der Waals surface area contributed by atoms with Crippen LogP contribution < -0.4 is 4.74 Å². The van der Waals surface area contributed by atoms with E-state index in [1.165, 1.54) is 0 Å². The van der Waals surface area contributed by atoms with Crippen LogP contribution in [-0.4, -0.2) is 22.8 Å². The Balaban J connectivity index is 2.45. The number of carboxylic acid groups (broad SMARTS) is 1. The van der Waals surface area contributed by atoms with Crippen molar-refractivity contribution in [2.45, 2.75) is 6.92 Å². The van der Waals surface area contributed by atoms with E-state index in [-0.39, 0.29) is 0 Å². The van der Waals surface area contributed by atoms with Gasteiger partial charge in [0.15, 0.2) is 0 Å². The van der Waals surface area contributed by atoms with E-state index in [1.807, 2.05) is 47.9 Å². The predicted molar refractivity (Wildman–Crippen MR) is 89.2 cm³/mol. The Hall–Kier alpha value is -2.27. The third-order valence-electron chi connectivity index (χ3n) is 3.71. The normalized spacial score (nSPS) is 10.9. The molecular formula is C17H14BrNO3. The molecule has 0 aliphatic carbocycles. The van der Waals surface area contributed by atoms with Crippen molar-refractivity contribution in [3.8, 4) is 11.4 Å². The minimum atomic E-state index is -0.943. The number of hydrogen-bond acceptors (Lipinski definition) is 2. The number of methoxy groups -OCH3 is 1. The molecule has 3 rings (SSSR count). The van der Waals surface area contributed by atoms with Gasteiger partial charge in [-0.15, -0.1) is 0 Å². The molecule has 0 saturated carbocycles. The summed E-state index contributed by atoms with van der Waals surface area (Å²) in [6.07, 6.45) is 0. The van der Waals surface area contributed by atoms with Crippen LogP contribution in [0.25, 0.3) is 16.6 Å². The summed E-state index contributed by atoms with van der Waals surface area (Å²) >= 11 is 3.47. The summed E-state index contributed by atoms with van der Waals surface area (Å²) < 4.78 is 8.03. The van der Waals surface area contributed by atoms with Gasteiger partial charge in [0.05, 0.1) is 22.7 Å². The lowest BCUT2D eigenvalue weighted by Gasteiger charge is -2.09. The van der Waals surface area contributed by atoms with Crippen molar-refractivity contribution in [3.05, 3.63) is 58.2 Å². The lowest BCUT2D eigenvalue weighted by Crippen LogP contribution is -2.01. The van der Waals surface area contributed by atoms with E-state index in [0.29, 0.717) is 22.4 Å². The lowest BCUT2D eigenvalue weighted by atomic mass is 10.1. The number of nitrogens with zero attached hydrogens (tertiary/aromatic N) is 1. The molecular weight excluding hydrogens is 346 g/mol. The van der Waals surface area contributed by atoms with Crippen LogP contribution >= 0.6 is 15.9 Å². The molecule has 0 amide bonds. The molecule has 22 heavy (non-hydrogen) atoms. The lowest BCUT2D eigenvalue weighted by molar-refractivity contribution is 0.0698. The first-order valence-electron chi connectivity index (χ1n) is 6.72. The Bertz CT molecular complexity index is 869. The summed E-state index contributed by atoms with van der Waals surface area (Å²) in [5.41, 5.74) is 2.74. The molecule has 0 saturated heterocycles. The Labute approximate surface area is 136 Å². The number of benzene rings is 2. The molecule has 1 heterocycles. The van der Waals surface area contributed by atoms with Gasteiger partial charge in [0.2, 0.25) is 0 Å². The van der Waals surface area contributed by atoms with E-state index < -0.39 is 5.97 Å². The van der Waals surface area contributed by atoms with Crippen molar-refractivity contribution >= 4 is 32.8 Å². The molecule has 0 atom stereocenters. The van der Waals surface area contributed by atoms with Crippen LogP contribution in [0, 0.1) is 6.92 Å². The number of fused-ring (bicyclic) bond motifs is 1. The van der Waals surface area contributed by atoms with Gasteiger partial charge in [-0.1, -0.05) is 18.2 Å². The summed E-state index contributed by atoms with van der Waals surface area (Å²) in [6.45, 7) is 1.82. The molecule has 0 spiro atoms. The van der Waals surface area contributed by atoms with E-state index in [1.54, 1.807) is 13.2 Å². The van der Waals surface area contributed by atoms with Crippen molar-refractivity contribution in [1.29, 1.82) is 0 Å². The van der Waals surface area contributed by atoms with Crippen molar-refractivity contribution in [2.24, 2.45) is 0 Å². The standard InChI is InChI=1S/C17H14BrNO3/c1-10-16(17(20)21)12-8-15(22-2)13(18)9-14(12)19(10)11-6-4-3-5-7-11/h3-9H,1-2H3,(H,20,21). The number of aromatic carboxylic acids is 1. The fourth-order valence-electron chi connectivity index (χ4n) is 2.75. The monoisotopic (exact) mass is 359 g/mol. The Kier molecular flexibility index (Phi) is 3.66. The summed E-state index contributed by atoms with van der Waals surface area (Å²) in [6, 6.07) is 13.4. The van der Waals surface area contributed by atoms with Gasteiger partial charge in [0.25, 0.3) is 0 Å². The molecule has 0 aliphatic heterocycles. The number of hydrogen-bond donors (Lipinski definition) is 1. The fraction of sp³-hybridized carbons (Fsp3) is 0.118. The van der Waals surface area contributed by atoms with Crippen molar-refractivity contribution < 1.29 is 14.6 Å². The van der Waals surface area contributed by atoms with Crippen molar-refractivity contribution in [2.75, 3.05) is 7.11 Å². The highest BCUT2D eigenvalue weighted by Crippen LogP contribution is 2.36. The smallest absolute Gasteiger partial charge is 0.338 e. The van der Waals surface area contributed by atoms with E-state index in [2.05, 4.69) is 15.9 Å². The van der Waals surface area contributed by atoms with E-state index >= 15 is 0 Å². The molecule has 1 N–H and O–H groups in total. The SMILES string of the molecule is COc1cc2c(C(=O)O)c(C)n(-c3ccccc3)c2cc1Br. The number of halogens is 1. The van der Waals surface area contributed by atoms with E-state index in [4.69, 9.17) is 4.74 Å². The predicted octanol–water partition coefficient (Wildman–Crippen LogP) is 4.41. The van der Waals surface area contributed by atoms with Crippen LogP contribution in [-0.2, 0) is 0 Å². The van der Waals surface area contributed by atoms with Gasteiger partial charge in [-0.25, -0.2) is 4.79 Å². The number of carboxylic acids is 1. The first kappa shape index (κ1) is 14.7. The van der Waals surface area contributed by atoms with Gasteiger partial charge in [-0.2, -0.15) is 0 Å². The molecule has 5 heteroatoms. The quantitative estimate of drug-likeness (QED) is 0.753. The maximum atomic E-state index is 11.7.